The van der Waals surface area contributed by atoms with Crippen LogP contribution in [0.25, 0.3) is 10.9 Å². The fourth-order valence-electron chi connectivity index (χ4n) is 2.37. The molecule has 3 rings (SSSR count). The summed E-state index contributed by atoms with van der Waals surface area (Å²) >= 11 is 0. The minimum Gasteiger partial charge on any atom is -0.495 e. The third-order valence-corrected chi connectivity index (χ3v) is 3.48. The summed E-state index contributed by atoms with van der Waals surface area (Å²) in [5, 5.41) is 4.58. The van der Waals surface area contributed by atoms with Gasteiger partial charge in [-0.2, -0.15) is 0 Å². The van der Waals surface area contributed by atoms with Crippen molar-refractivity contribution in [2.24, 2.45) is 0 Å². The Balaban J connectivity index is 1.80. The van der Waals surface area contributed by atoms with Crippen LogP contribution in [0.2, 0.25) is 0 Å². The Bertz CT molecular complexity index is 768. The average molecular weight is 278 g/mol. The van der Waals surface area contributed by atoms with Crippen LogP contribution < -0.4 is 10.1 Å². The second-order valence-electron chi connectivity index (χ2n) is 5.03. The number of ether oxygens (including phenoxy) is 1. The quantitative estimate of drug-likeness (QED) is 0.778. The van der Waals surface area contributed by atoms with Crippen molar-refractivity contribution in [1.29, 1.82) is 0 Å². The molecule has 0 saturated carbocycles. The van der Waals surface area contributed by atoms with Crippen molar-refractivity contribution >= 4 is 16.6 Å². The van der Waals surface area contributed by atoms with Gasteiger partial charge in [0.25, 0.3) is 0 Å². The van der Waals surface area contributed by atoms with E-state index in [-0.39, 0.29) is 0 Å². The molecule has 3 heteroatoms. The highest BCUT2D eigenvalue weighted by Crippen LogP contribution is 2.24. The van der Waals surface area contributed by atoms with Crippen LogP contribution in [0.15, 0.2) is 54.6 Å². The number of para-hydroxylation sites is 2. The lowest BCUT2D eigenvalue weighted by Gasteiger charge is -2.11. The van der Waals surface area contributed by atoms with Crippen molar-refractivity contribution in [2.75, 3.05) is 12.4 Å². The number of hydrogen-bond donors (Lipinski definition) is 1. The summed E-state index contributed by atoms with van der Waals surface area (Å²) in [7, 11) is 1.69. The van der Waals surface area contributed by atoms with Crippen LogP contribution >= 0.6 is 0 Å². The zero-order chi connectivity index (χ0) is 14.7. The summed E-state index contributed by atoms with van der Waals surface area (Å²) in [6.07, 6.45) is 0. The summed E-state index contributed by atoms with van der Waals surface area (Å²) in [5.41, 5.74) is 4.31. The Labute approximate surface area is 124 Å². The number of rotatable bonds is 4. The number of hydrogen-bond acceptors (Lipinski definition) is 3. The van der Waals surface area contributed by atoms with Gasteiger partial charge in [-0.25, -0.2) is 0 Å². The lowest BCUT2D eigenvalue weighted by atomic mass is 10.1. The molecule has 0 aliphatic rings. The number of aryl methyl sites for hydroxylation is 1. The first kappa shape index (κ1) is 13.4. The Morgan fingerprint density at radius 2 is 1.90 bits per heavy atom. The van der Waals surface area contributed by atoms with Crippen molar-refractivity contribution in [1.82, 2.24) is 4.98 Å². The lowest BCUT2D eigenvalue weighted by molar-refractivity contribution is 0.416. The molecule has 106 valence electrons. The normalized spacial score (nSPS) is 10.6. The summed E-state index contributed by atoms with van der Waals surface area (Å²) in [6, 6.07) is 18.4. The van der Waals surface area contributed by atoms with E-state index in [0.29, 0.717) is 0 Å². The van der Waals surface area contributed by atoms with Crippen molar-refractivity contribution in [3.8, 4) is 5.75 Å². The first-order valence-corrected chi connectivity index (χ1v) is 6.99. The SMILES string of the molecule is COc1ccccc1NCc1ccc2nc(C)ccc2c1. The van der Waals surface area contributed by atoms with E-state index in [9.17, 15) is 0 Å². The third kappa shape index (κ3) is 2.97. The molecular formula is C18H18N2O. The van der Waals surface area contributed by atoms with E-state index in [2.05, 4.69) is 34.6 Å². The number of methoxy groups -OCH3 is 1. The summed E-state index contributed by atoms with van der Waals surface area (Å²) < 4.78 is 5.34. The summed E-state index contributed by atoms with van der Waals surface area (Å²) in [4.78, 5) is 4.52. The largest absolute Gasteiger partial charge is 0.495 e. The number of pyridine rings is 1. The minimum atomic E-state index is 0.754. The number of benzene rings is 2. The number of fused-ring (bicyclic) bond motifs is 1. The van der Waals surface area contributed by atoms with E-state index in [4.69, 9.17) is 4.74 Å². The van der Waals surface area contributed by atoms with Gasteiger partial charge in [0.05, 0.1) is 18.3 Å². The van der Waals surface area contributed by atoms with E-state index >= 15 is 0 Å². The molecule has 0 radical (unpaired) electrons. The molecule has 0 unspecified atom stereocenters. The summed E-state index contributed by atoms with van der Waals surface area (Å²) in [6.45, 7) is 2.76. The molecule has 0 spiro atoms. The van der Waals surface area contributed by atoms with Crippen LogP contribution in [-0.2, 0) is 6.54 Å². The molecule has 0 bridgehead atoms. The molecule has 0 saturated heterocycles. The molecule has 0 aliphatic carbocycles. The Kier molecular flexibility index (Phi) is 3.73. The van der Waals surface area contributed by atoms with E-state index in [1.165, 1.54) is 10.9 Å². The molecule has 0 amide bonds. The standard InChI is InChI=1S/C18H18N2O/c1-13-7-9-15-11-14(8-10-16(15)20-13)12-19-17-5-3-4-6-18(17)21-2/h3-11,19H,12H2,1-2H3. The second-order valence-corrected chi connectivity index (χ2v) is 5.03. The molecule has 3 nitrogen and oxygen atoms in total. The molecule has 1 aromatic heterocycles. The van der Waals surface area contributed by atoms with Gasteiger partial charge in [-0.1, -0.05) is 24.3 Å². The van der Waals surface area contributed by atoms with E-state index in [1.54, 1.807) is 7.11 Å². The maximum absolute atomic E-state index is 5.34. The zero-order valence-electron chi connectivity index (χ0n) is 12.3. The first-order valence-electron chi connectivity index (χ1n) is 6.99. The predicted octanol–water partition coefficient (Wildman–Crippen LogP) is 4.16. The fourth-order valence-corrected chi connectivity index (χ4v) is 2.37. The van der Waals surface area contributed by atoms with Gasteiger partial charge in [-0.3, -0.25) is 4.98 Å². The maximum Gasteiger partial charge on any atom is 0.141 e. The topological polar surface area (TPSA) is 34.1 Å². The van der Waals surface area contributed by atoms with Crippen LogP contribution in [0.4, 0.5) is 5.69 Å². The van der Waals surface area contributed by atoms with Gasteiger partial charge < -0.3 is 10.1 Å². The van der Waals surface area contributed by atoms with Crippen LogP contribution in [0, 0.1) is 6.92 Å². The van der Waals surface area contributed by atoms with Crippen LogP contribution in [0.3, 0.4) is 0 Å². The fraction of sp³-hybridized carbons (Fsp3) is 0.167. The third-order valence-electron chi connectivity index (χ3n) is 3.48. The smallest absolute Gasteiger partial charge is 0.141 e. The number of anilines is 1. The highest BCUT2D eigenvalue weighted by molar-refractivity contribution is 5.79. The van der Waals surface area contributed by atoms with Crippen molar-refractivity contribution < 1.29 is 4.74 Å². The van der Waals surface area contributed by atoms with Gasteiger partial charge in [0.15, 0.2) is 0 Å². The molecule has 0 atom stereocenters. The number of nitrogens with one attached hydrogen (secondary N) is 1. The van der Waals surface area contributed by atoms with Gasteiger partial charge in [-0.05, 0) is 42.8 Å². The Morgan fingerprint density at radius 3 is 2.76 bits per heavy atom. The molecule has 1 N–H and O–H groups in total. The Hall–Kier alpha value is -2.55. The predicted molar refractivity (Wildman–Crippen MR) is 86.8 cm³/mol. The number of aromatic nitrogens is 1. The molecule has 0 fully saturated rings. The van der Waals surface area contributed by atoms with E-state index in [1.807, 2.05) is 37.3 Å². The van der Waals surface area contributed by atoms with Gasteiger partial charge in [-0.15, -0.1) is 0 Å². The van der Waals surface area contributed by atoms with Crippen LogP contribution in [0.1, 0.15) is 11.3 Å². The van der Waals surface area contributed by atoms with E-state index < -0.39 is 0 Å². The molecular weight excluding hydrogens is 260 g/mol. The molecule has 21 heavy (non-hydrogen) atoms. The maximum atomic E-state index is 5.34. The molecule has 2 aromatic carbocycles. The highest BCUT2D eigenvalue weighted by atomic mass is 16.5. The zero-order valence-corrected chi connectivity index (χ0v) is 12.3. The minimum absolute atomic E-state index is 0.754. The molecule has 0 aliphatic heterocycles. The monoisotopic (exact) mass is 278 g/mol. The van der Waals surface area contributed by atoms with Gasteiger partial charge in [0, 0.05) is 17.6 Å². The van der Waals surface area contributed by atoms with Gasteiger partial charge >= 0.3 is 0 Å². The number of nitrogens with zero attached hydrogens (tertiary/aromatic N) is 1. The highest BCUT2D eigenvalue weighted by Gasteiger charge is 2.02. The van der Waals surface area contributed by atoms with Crippen molar-refractivity contribution in [3.63, 3.8) is 0 Å². The molecule has 3 aromatic rings. The first-order chi connectivity index (χ1) is 10.3. The Morgan fingerprint density at radius 1 is 1.05 bits per heavy atom. The van der Waals surface area contributed by atoms with E-state index in [0.717, 1.165) is 29.2 Å². The lowest BCUT2D eigenvalue weighted by Crippen LogP contribution is -2.01. The van der Waals surface area contributed by atoms with Crippen molar-refractivity contribution in [3.05, 3.63) is 65.9 Å². The van der Waals surface area contributed by atoms with Crippen molar-refractivity contribution in [2.45, 2.75) is 13.5 Å². The molecule has 1 heterocycles. The van der Waals surface area contributed by atoms with Crippen LogP contribution in [0.5, 0.6) is 5.75 Å². The van der Waals surface area contributed by atoms with Gasteiger partial charge in [0.2, 0.25) is 0 Å². The summed E-state index contributed by atoms with van der Waals surface area (Å²) in [5.74, 6) is 0.857. The second kappa shape index (κ2) is 5.83. The van der Waals surface area contributed by atoms with Gasteiger partial charge in [0.1, 0.15) is 5.75 Å². The average Bonchev–Trinajstić information content (AvgIpc) is 2.53. The van der Waals surface area contributed by atoms with Crippen LogP contribution in [-0.4, -0.2) is 12.1 Å².